The van der Waals surface area contributed by atoms with E-state index >= 15 is 0 Å². The van der Waals surface area contributed by atoms with Gasteiger partial charge in [-0.25, -0.2) is 4.98 Å². The van der Waals surface area contributed by atoms with E-state index in [0.717, 1.165) is 30.2 Å². The lowest BCUT2D eigenvalue weighted by Crippen LogP contribution is -2.50. The maximum Gasteiger partial charge on any atom is 0.130 e. The second-order valence-electron chi connectivity index (χ2n) is 6.21. The van der Waals surface area contributed by atoms with E-state index in [0.29, 0.717) is 10.9 Å². The fourth-order valence-corrected chi connectivity index (χ4v) is 3.61. The third-order valence-electron chi connectivity index (χ3n) is 3.87. The van der Waals surface area contributed by atoms with E-state index in [9.17, 15) is 0 Å². The van der Waals surface area contributed by atoms with Crippen molar-refractivity contribution in [1.29, 1.82) is 0 Å². The first-order chi connectivity index (χ1) is 11.5. The highest BCUT2D eigenvalue weighted by molar-refractivity contribution is 7.97. The molecular weight excluding hydrogens is 318 g/mol. The molecule has 0 bridgehead atoms. The number of nitrogens with zero attached hydrogens (tertiary/aromatic N) is 4. The molecule has 126 valence electrons. The smallest absolute Gasteiger partial charge is 0.130 e. The van der Waals surface area contributed by atoms with Crippen LogP contribution in [-0.4, -0.2) is 47.9 Å². The molecule has 0 atom stereocenters. The molecule has 0 amide bonds. The lowest BCUT2D eigenvalue weighted by molar-refractivity contribution is 0.601. The highest BCUT2D eigenvalue weighted by atomic mass is 32.2. The molecule has 0 saturated carbocycles. The fourth-order valence-electron chi connectivity index (χ4n) is 2.52. The Kier molecular flexibility index (Phi) is 5.06. The van der Waals surface area contributed by atoms with Crippen LogP contribution in [0.1, 0.15) is 11.1 Å². The van der Waals surface area contributed by atoms with Crippen molar-refractivity contribution in [3.8, 4) is 0 Å². The number of aliphatic imine (C=N–C) groups is 1. The van der Waals surface area contributed by atoms with Crippen molar-refractivity contribution in [2.45, 2.75) is 12.2 Å². The number of aryl methyl sites for hydroxylation is 1. The summed E-state index contributed by atoms with van der Waals surface area (Å²) in [6.07, 6.45) is 3.58. The summed E-state index contributed by atoms with van der Waals surface area (Å²) >= 11 is 1.87. The molecule has 24 heavy (non-hydrogen) atoms. The predicted octanol–water partition coefficient (Wildman–Crippen LogP) is 3.12. The zero-order chi connectivity index (χ0) is 17.1. The van der Waals surface area contributed by atoms with Gasteiger partial charge in [0.1, 0.15) is 5.82 Å². The molecule has 0 unspecified atom stereocenters. The van der Waals surface area contributed by atoms with Gasteiger partial charge in [-0.1, -0.05) is 29.6 Å². The van der Waals surface area contributed by atoms with Crippen LogP contribution < -0.4 is 10.6 Å². The molecular formula is C18H23N5S. The lowest BCUT2D eigenvalue weighted by Gasteiger charge is -2.40. The number of benzene rings is 1. The van der Waals surface area contributed by atoms with Crippen LogP contribution in [0.2, 0.25) is 0 Å². The number of hydrogen-bond donors (Lipinski definition) is 1. The number of nitrogens with two attached hydrogens (primary N) is 1. The van der Waals surface area contributed by atoms with Crippen LogP contribution in [0.4, 0.5) is 17.2 Å². The van der Waals surface area contributed by atoms with E-state index < -0.39 is 0 Å². The number of nitrogen functional groups attached to an aromatic ring is 1. The van der Waals surface area contributed by atoms with E-state index in [-0.39, 0.29) is 0 Å². The van der Waals surface area contributed by atoms with E-state index in [4.69, 9.17) is 5.73 Å². The van der Waals surface area contributed by atoms with E-state index in [2.05, 4.69) is 40.2 Å². The summed E-state index contributed by atoms with van der Waals surface area (Å²) < 4.78 is 2.15. The first-order valence-electron chi connectivity index (χ1n) is 7.96. The van der Waals surface area contributed by atoms with Crippen LogP contribution in [0.25, 0.3) is 0 Å². The van der Waals surface area contributed by atoms with Crippen LogP contribution in [0.15, 0.2) is 41.5 Å². The standard InChI is InChI=1S/C18H23N5S/c1-13-4-6-15(7-5-13)20-9-14-10-21-18(8-17(14)19)23-11-16(12-23)24-22(2)3/h4-10,16H,11-12H2,1-3H3,(H2,19,21). The van der Waals surface area contributed by atoms with Crippen LogP contribution in [-0.2, 0) is 0 Å². The Balaban J connectivity index is 1.64. The number of hydrogen-bond acceptors (Lipinski definition) is 6. The molecule has 2 heterocycles. The third-order valence-corrected chi connectivity index (χ3v) is 4.89. The number of aromatic nitrogens is 1. The largest absolute Gasteiger partial charge is 0.398 e. The van der Waals surface area contributed by atoms with Gasteiger partial charge in [0.05, 0.1) is 10.9 Å². The van der Waals surface area contributed by atoms with Crippen LogP contribution in [0.5, 0.6) is 0 Å². The van der Waals surface area contributed by atoms with Gasteiger partial charge >= 0.3 is 0 Å². The monoisotopic (exact) mass is 341 g/mol. The molecule has 1 aromatic carbocycles. The average molecular weight is 341 g/mol. The first kappa shape index (κ1) is 16.8. The quantitative estimate of drug-likeness (QED) is 0.669. The maximum absolute atomic E-state index is 6.17. The predicted molar refractivity (Wildman–Crippen MR) is 104 cm³/mol. The maximum atomic E-state index is 6.17. The molecule has 6 heteroatoms. The van der Waals surface area contributed by atoms with Crippen molar-refractivity contribution in [2.24, 2.45) is 4.99 Å². The van der Waals surface area contributed by atoms with E-state index in [1.54, 1.807) is 12.4 Å². The Morgan fingerprint density at radius 3 is 2.62 bits per heavy atom. The SMILES string of the molecule is Cc1ccc(N=Cc2cnc(N3CC(SN(C)C)C3)cc2N)cc1. The molecule has 0 aliphatic carbocycles. The van der Waals surface area contributed by atoms with Crippen molar-refractivity contribution in [3.05, 3.63) is 47.7 Å². The Labute approximate surface area is 147 Å². The Hall–Kier alpha value is -2.05. The number of rotatable bonds is 5. The van der Waals surface area contributed by atoms with Crippen LogP contribution >= 0.6 is 11.9 Å². The topological polar surface area (TPSA) is 57.8 Å². The van der Waals surface area contributed by atoms with Gasteiger partial charge in [0.2, 0.25) is 0 Å². The molecule has 1 aromatic heterocycles. The summed E-state index contributed by atoms with van der Waals surface area (Å²) in [6.45, 7) is 4.07. The number of pyridine rings is 1. The number of anilines is 2. The van der Waals surface area contributed by atoms with Crippen molar-refractivity contribution in [2.75, 3.05) is 37.8 Å². The molecule has 5 nitrogen and oxygen atoms in total. The molecule has 1 fully saturated rings. The molecule has 1 saturated heterocycles. The van der Waals surface area contributed by atoms with Crippen LogP contribution in [0, 0.1) is 6.92 Å². The second kappa shape index (κ2) is 7.23. The zero-order valence-corrected chi connectivity index (χ0v) is 15.1. The van der Waals surface area contributed by atoms with Crippen molar-refractivity contribution >= 4 is 35.4 Å². The van der Waals surface area contributed by atoms with Gasteiger partial charge in [0, 0.05) is 42.8 Å². The first-order valence-corrected chi connectivity index (χ1v) is 8.80. The summed E-state index contributed by atoms with van der Waals surface area (Å²) in [7, 11) is 4.15. The van der Waals surface area contributed by atoms with Gasteiger partial charge < -0.3 is 10.6 Å². The molecule has 1 aliphatic rings. The summed E-state index contributed by atoms with van der Waals surface area (Å²) in [5, 5.41) is 0.630. The summed E-state index contributed by atoms with van der Waals surface area (Å²) in [5.74, 6) is 0.940. The minimum Gasteiger partial charge on any atom is -0.398 e. The normalized spacial score (nSPS) is 15.2. The van der Waals surface area contributed by atoms with E-state index in [1.165, 1.54) is 5.56 Å². The molecule has 0 spiro atoms. The molecule has 1 aliphatic heterocycles. The van der Waals surface area contributed by atoms with Gasteiger partial charge in [0.25, 0.3) is 0 Å². The van der Waals surface area contributed by atoms with Gasteiger partial charge in [-0.05, 0) is 33.2 Å². The Morgan fingerprint density at radius 2 is 2.00 bits per heavy atom. The zero-order valence-electron chi connectivity index (χ0n) is 14.3. The van der Waals surface area contributed by atoms with Gasteiger partial charge in [-0.2, -0.15) is 0 Å². The minimum absolute atomic E-state index is 0.630. The summed E-state index contributed by atoms with van der Waals surface area (Å²) in [5.41, 5.74) is 9.86. The summed E-state index contributed by atoms with van der Waals surface area (Å²) in [4.78, 5) is 11.2. The lowest BCUT2D eigenvalue weighted by atomic mass is 10.2. The second-order valence-corrected chi connectivity index (χ2v) is 7.82. The van der Waals surface area contributed by atoms with Gasteiger partial charge in [0.15, 0.2) is 0 Å². The van der Waals surface area contributed by atoms with Gasteiger partial charge in [-0.3, -0.25) is 9.30 Å². The molecule has 2 N–H and O–H groups in total. The average Bonchev–Trinajstić information content (AvgIpc) is 2.51. The van der Waals surface area contributed by atoms with Gasteiger partial charge in [-0.15, -0.1) is 0 Å². The van der Waals surface area contributed by atoms with Crippen molar-refractivity contribution in [1.82, 2.24) is 9.29 Å². The third kappa shape index (κ3) is 4.07. The summed E-state index contributed by atoms with van der Waals surface area (Å²) in [6, 6.07) is 10.0. The Bertz CT molecular complexity index is 721. The van der Waals surface area contributed by atoms with Crippen LogP contribution in [0.3, 0.4) is 0 Å². The fraction of sp³-hybridized carbons (Fsp3) is 0.333. The molecule has 2 aromatic rings. The van der Waals surface area contributed by atoms with Crippen molar-refractivity contribution < 1.29 is 0 Å². The van der Waals surface area contributed by atoms with E-state index in [1.807, 2.05) is 42.3 Å². The minimum atomic E-state index is 0.630. The Morgan fingerprint density at radius 1 is 1.29 bits per heavy atom. The highest BCUT2D eigenvalue weighted by Crippen LogP contribution is 2.29. The molecule has 0 radical (unpaired) electrons. The highest BCUT2D eigenvalue weighted by Gasteiger charge is 2.29. The van der Waals surface area contributed by atoms with Crippen molar-refractivity contribution in [3.63, 3.8) is 0 Å². The molecule has 3 rings (SSSR count).